The quantitative estimate of drug-likeness (QED) is 0.351. The fraction of sp³-hybridized carbons (Fsp3) is 0.310. The van der Waals surface area contributed by atoms with Gasteiger partial charge in [-0.05, 0) is 54.8 Å². The van der Waals surface area contributed by atoms with Gasteiger partial charge in [0.15, 0.2) is 0 Å². The standard InChI is InChI=1S/C29H34ClN3O5S/c1-5-31-29(35)26(18-22-9-7-6-8-10-22)32(19-23-12-14-24(30)15-13-23)28(34)20-33(39(4,36)37)25-17-21(2)11-16-27(25)38-3/h6-17,26H,5,18-20H2,1-4H3,(H,31,35)/t26-/m1/s1. The van der Waals surface area contributed by atoms with Gasteiger partial charge < -0.3 is 15.0 Å². The number of hydrogen-bond acceptors (Lipinski definition) is 5. The highest BCUT2D eigenvalue weighted by molar-refractivity contribution is 7.92. The van der Waals surface area contributed by atoms with Crippen LogP contribution in [-0.2, 0) is 32.6 Å². The Morgan fingerprint density at radius 2 is 1.67 bits per heavy atom. The van der Waals surface area contributed by atoms with Crippen molar-refractivity contribution in [3.63, 3.8) is 0 Å². The number of amides is 2. The molecule has 0 saturated carbocycles. The number of likely N-dealkylation sites (N-methyl/N-ethyl adjacent to an activating group) is 1. The zero-order valence-electron chi connectivity index (χ0n) is 22.6. The van der Waals surface area contributed by atoms with E-state index < -0.39 is 28.5 Å². The zero-order valence-corrected chi connectivity index (χ0v) is 24.1. The molecular formula is C29H34ClN3O5S. The molecule has 0 spiro atoms. The monoisotopic (exact) mass is 571 g/mol. The molecule has 0 heterocycles. The Morgan fingerprint density at radius 3 is 2.26 bits per heavy atom. The second-order valence-electron chi connectivity index (χ2n) is 9.19. The van der Waals surface area contributed by atoms with Gasteiger partial charge in [-0.25, -0.2) is 8.42 Å². The van der Waals surface area contributed by atoms with Crippen LogP contribution >= 0.6 is 11.6 Å². The summed E-state index contributed by atoms with van der Waals surface area (Å²) in [6.45, 7) is 3.56. The summed E-state index contributed by atoms with van der Waals surface area (Å²) in [4.78, 5) is 28.8. The minimum Gasteiger partial charge on any atom is -0.495 e. The molecule has 0 unspecified atom stereocenters. The summed E-state index contributed by atoms with van der Waals surface area (Å²) in [5.41, 5.74) is 2.66. The molecule has 0 fully saturated rings. The van der Waals surface area contributed by atoms with Crippen LogP contribution in [-0.4, -0.2) is 57.6 Å². The maximum atomic E-state index is 14.0. The molecule has 0 aliphatic rings. The van der Waals surface area contributed by atoms with E-state index in [4.69, 9.17) is 16.3 Å². The molecule has 2 amide bonds. The molecule has 208 valence electrons. The van der Waals surface area contributed by atoms with Gasteiger partial charge >= 0.3 is 0 Å². The van der Waals surface area contributed by atoms with Crippen LogP contribution in [0.3, 0.4) is 0 Å². The number of nitrogens with one attached hydrogen (secondary N) is 1. The van der Waals surface area contributed by atoms with Crippen LogP contribution in [0, 0.1) is 6.92 Å². The summed E-state index contributed by atoms with van der Waals surface area (Å²) in [6.07, 6.45) is 1.29. The average molecular weight is 572 g/mol. The maximum Gasteiger partial charge on any atom is 0.244 e. The first kappa shape index (κ1) is 30.0. The van der Waals surface area contributed by atoms with Gasteiger partial charge in [0.2, 0.25) is 21.8 Å². The number of ether oxygens (including phenoxy) is 1. The smallest absolute Gasteiger partial charge is 0.244 e. The number of halogens is 1. The summed E-state index contributed by atoms with van der Waals surface area (Å²) in [7, 11) is -2.46. The van der Waals surface area contributed by atoms with Crippen LogP contribution in [0.5, 0.6) is 5.75 Å². The van der Waals surface area contributed by atoms with E-state index in [2.05, 4.69) is 5.32 Å². The highest BCUT2D eigenvalue weighted by Crippen LogP contribution is 2.31. The lowest BCUT2D eigenvalue weighted by Crippen LogP contribution is -2.53. The third kappa shape index (κ3) is 8.21. The number of hydrogen-bond donors (Lipinski definition) is 1. The van der Waals surface area contributed by atoms with Crippen LogP contribution in [0.2, 0.25) is 5.02 Å². The SMILES string of the molecule is CCNC(=O)[C@@H](Cc1ccccc1)N(Cc1ccc(Cl)cc1)C(=O)CN(c1cc(C)ccc1OC)S(C)(=O)=O. The van der Waals surface area contributed by atoms with Crippen molar-refractivity contribution < 1.29 is 22.7 Å². The van der Waals surface area contributed by atoms with Crippen molar-refractivity contribution in [1.29, 1.82) is 0 Å². The number of anilines is 1. The van der Waals surface area contributed by atoms with Gasteiger partial charge in [0.25, 0.3) is 0 Å². The third-order valence-electron chi connectivity index (χ3n) is 6.17. The molecule has 1 N–H and O–H groups in total. The van der Waals surface area contributed by atoms with Gasteiger partial charge in [0.05, 0.1) is 19.1 Å². The number of rotatable bonds is 12. The van der Waals surface area contributed by atoms with Crippen molar-refractivity contribution in [2.24, 2.45) is 0 Å². The number of benzene rings is 3. The summed E-state index contributed by atoms with van der Waals surface area (Å²) < 4.78 is 32.4. The average Bonchev–Trinajstić information content (AvgIpc) is 2.90. The van der Waals surface area contributed by atoms with Gasteiger partial charge in [-0.3, -0.25) is 13.9 Å². The predicted molar refractivity (Wildman–Crippen MR) is 155 cm³/mol. The van der Waals surface area contributed by atoms with Crippen molar-refractivity contribution in [3.8, 4) is 5.75 Å². The van der Waals surface area contributed by atoms with Crippen LogP contribution in [0.15, 0.2) is 72.8 Å². The molecule has 3 aromatic rings. The van der Waals surface area contributed by atoms with Crippen LogP contribution in [0.4, 0.5) is 5.69 Å². The normalized spacial score (nSPS) is 11.9. The van der Waals surface area contributed by atoms with E-state index in [1.54, 1.807) is 49.4 Å². The van der Waals surface area contributed by atoms with Crippen LogP contribution in [0.25, 0.3) is 0 Å². The number of methoxy groups -OCH3 is 1. The third-order valence-corrected chi connectivity index (χ3v) is 7.55. The highest BCUT2D eigenvalue weighted by atomic mass is 35.5. The molecule has 39 heavy (non-hydrogen) atoms. The molecule has 8 nitrogen and oxygen atoms in total. The van der Waals surface area contributed by atoms with E-state index >= 15 is 0 Å². The van der Waals surface area contributed by atoms with E-state index in [9.17, 15) is 18.0 Å². The van der Waals surface area contributed by atoms with Crippen molar-refractivity contribution >= 4 is 39.1 Å². The first-order valence-electron chi connectivity index (χ1n) is 12.5. The number of aryl methyl sites for hydroxylation is 1. The molecule has 10 heteroatoms. The first-order valence-corrected chi connectivity index (χ1v) is 14.7. The van der Waals surface area contributed by atoms with Crippen molar-refractivity contribution in [2.75, 3.05) is 30.8 Å². The number of carbonyl (C=O) groups is 2. The lowest BCUT2D eigenvalue weighted by atomic mass is 10.0. The Hall–Kier alpha value is -3.56. The summed E-state index contributed by atoms with van der Waals surface area (Å²) in [5.74, 6) is -0.554. The van der Waals surface area contributed by atoms with Gasteiger partial charge in [-0.2, -0.15) is 0 Å². The Bertz CT molecular complexity index is 1380. The lowest BCUT2D eigenvalue weighted by molar-refractivity contribution is -0.140. The molecule has 0 aliphatic heterocycles. The number of nitrogens with zero attached hydrogens (tertiary/aromatic N) is 2. The molecule has 0 radical (unpaired) electrons. The maximum absolute atomic E-state index is 14.0. The van der Waals surface area contributed by atoms with Gasteiger partial charge in [0, 0.05) is 24.5 Å². The fourth-order valence-electron chi connectivity index (χ4n) is 4.22. The number of carbonyl (C=O) groups excluding carboxylic acids is 2. The second kappa shape index (κ2) is 13.5. The lowest BCUT2D eigenvalue weighted by Gasteiger charge is -2.33. The minimum absolute atomic E-state index is 0.0766. The van der Waals surface area contributed by atoms with Gasteiger partial charge in [-0.15, -0.1) is 0 Å². The first-order chi connectivity index (χ1) is 18.5. The van der Waals surface area contributed by atoms with E-state index in [0.717, 1.165) is 27.3 Å². The van der Waals surface area contributed by atoms with Crippen molar-refractivity contribution in [1.82, 2.24) is 10.2 Å². The van der Waals surface area contributed by atoms with E-state index in [0.29, 0.717) is 17.3 Å². The molecule has 0 saturated heterocycles. The van der Waals surface area contributed by atoms with E-state index in [1.807, 2.05) is 37.3 Å². The zero-order chi connectivity index (χ0) is 28.6. The fourth-order valence-corrected chi connectivity index (χ4v) is 5.19. The number of sulfonamides is 1. The molecular weight excluding hydrogens is 538 g/mol. The molecule has 3 aromatic carbocycles. The molecule has 3 rings (SSSR count). The molecule has 0 aromatic heterocycles. The Morgan fingerprint density at radius 1 is 1.00 bits per heavy atom. The Balaban J connectivity index is 2.07. The minimum atomic E-state index is -3.90. The largest absolute Gasteiger partial charge is 0.495 e. The Labute approximate surface area is 235 Å². The van der Waals surface area contributed by atoms with Gasteiger partial charge in [-0.1, -0.05) is 60.1 Å². The van der Waals surface area contributed by atoms with Crippen molar-refractivity contribution in [3.05, 3.63) is 94.5 Å². The molecule has 0 bridgehead atoms. The van der Waals surface area contributed by atoms with E-state index in [1.165, 1.54) is 12.0 Å². The summed E-state index contributed by atoms with van der Waals surface area (Å²) in [5, 5.41) is 3.37. The van der Waals surface area contributed by atoms with Crippen LogP contribution in [0.1, 0.15) is 23.6 Å². The highest BCUT2D eigenvalue weighted by Gasteiger charge is 2.33. The van der Waals surface area contributed by atoms with Gasteiger partial charge in [0.1, 0.15) is 18.3 Å². The molecule has 0 aliphatic carbocycles. The second-order valence-corrected chi connectivity index (χ2v) is 11.5. The summed E-state index contributed by atoms with van der Waals surface area (Å²) in [6, 6.07) is 20.6. The van der Waals surface area contributed by atoms with Crippen molar-refractivity contribution in [2.45, 2.75) is 32.9 Å². The summed E-state index contributed by atoms with van der Waals surface area (Å²) >= 11 is 6.07. The Kier molecular flexibility index (Phi) is 10.4. The molecule has 1 atom stereocenters. The van der Waals surface area contributed by atoms with E-state index in [-0.39, 0.29) is 24.6 Å². The topological polar surface area (TPSA) is 96.0 Å². The predicted octanol–water partition coefficient (Wildman–Crippen LogP) is 4.20. The van der Waals surface area contributed by atoms with Crippen LogP contribution < -0.4 is 14.4 Å².